The summed E-state index contributed by atoms with van der Waals surface area (Å²) in [5, 5.41) is 13.0. The number of carboxylic acid groups (broad SMARTS) is 1. The molecule has 19 heavy (non-hydrogen) atoms. The summed E-state index contributed by atoms with van der Waals surface area (Å²) in [6.45, 7) is 10.9. The molecule has 0 aromatic rings. The van der Waals surface area contributed by atoms with Gasteiger partial charge in [0.1, 0.15) is 5.54 Å². The van der Waals surface area contributed by atoms with E-state index in [9.17, 15) is 9.90 Å². The number of piperidine rings is 1. The quantitative estimate of drug-likeness (QED) is 0.777. The molecular formula is C14H27N3O2. The molecule has 0 unspecified atom stereocenters. The maximum atomic E-state index is 11.8. The van der Waals surface area contributed by atoms with Crippen LogP contribution in [0.2, 0.25) is 0 Å². The van der Waals surface area contributed by atoms with E-state index in [0.29, 0.717) is 5.92 Å². The van der Waals surface area contributed by atoms with Crippen LogP contribution in [0.15, 0.2) is 0 Å². The topological polar surface area (TPSA) is 55.8 Å². The second kappa shape index (κ2) is 6.20. The lowest BCUT2D eigenvalue weighted by atomic mass is 9.84. The van der Waals surface area contributed by atoms with Crippen molar-refractivity contribution in [2.24, 2.45) is 5.92 Å². The van der Waals surface area contributed by atoms with Gasteiger partial charge in [-0.05, 0) is 18.8 Å². The Bertz CT molecular complexity index is 306. The average Bonchev–Trinajstić information content (AvgIpc) is 2.40. The van der Waals surface area contributed by atoms with Gasteiger partial charge < -0.3 is 15.3 Å². The maximum Gasteiger partial charge on any atom is 0.324 e. The molecule has 0 spiro atoms. The highest BCUT2D eigenvalue weighted by atomic mass is 16.4. The van der Waals surface area contributed by atoms with Crippen molar-refractivity contribution in [3.8, 4) is 0 Å². The van der Waals surface area contributed by atoms with E-state index < -0.39 is 11.5 Å². The number of piperazine rings is 1. The minimum atomic E-state index is -0.626. The Morgan fingerprint density at radius 1 is 1.21 bits per heavy atom. The van der Waals surface area contributed by atoms with Crippen LogP contribution in [-0.4, -0.2) is 72.2 Å². The minimum absolute atomic E-state index is 0.615. The molecular weight excluding hydrogens is 242 g/mol. The van der Waals surface area contributed by atoms with Crippen molar-refractivity contribution in [1.82, 2.24) is 15.1 Å². The van der Waals surface area contributed by atoms with E-state index in [0.717, 1.165) is 58.7 Å². The van der Waals surface area contributed by atoms with Crippen LogP contribution >= 0.6 is 0 Å². The van der Waals surface area contributed by atoms with Gasteiger partial charge in [0.15, 0.2) is 0 Å². The molecule has 0 aliphatic carbocycles. The van der Waals surface area contributed by atoms with Crippen molar-refractivity contribution >= 4 is 5.97 Å². The molecule has 0 amide bonds. The molecule has 0 radical (unpaired) electrons. The van der Waals surface area contributed by atoms with Crippen molar-refractivity contribution in [3.05, 3.63) is 0 Å². The van der Waals surface area contributed by atoms with Crippen molar-refractivity contribution in [1.29, 1.82) is 0 Å². The van der Waals surface area contributed by atoms with Crippen LogP contribution in [0, 0.1) is 5.92 Å². The van der Waals surface area contributed by atoms with Crippen LogP contribution in [0.1, 0.15) is 26.7 Å². The van der Waals surface area contributed by atoms with Gasteiger partial charge in [0.05, 0.1) is 0 Å². The average molecular weight is 269 g/mol. The largest absolute Gasteiger partial charge is 0.480 e. The Morgan fingerprint density at radius 2 is 1.79 bits per heavy atom. The number of hydrogen-bond donors (Lipinski definition) is 2. The van der Waals surface area contributed by atoms with E-state index in [-0.39, 0.29) is 0 Å². The zero-order chi connectivity index (χ0) is 13.9. The van der Waals surface area contributed by atoms with Gasteiger partial charge in [-0.2, -0.15) is 0 Å². The van der Waals surface area contributed by atoms with Crippen molar-refractivity contribution in [2.75, 3.05) is 45.8 Å². The zero-order valence-corrected chi connectivity index (χ0v) is 12.2. The summed E-state index contributed by atoms with van der Waals surface area (Å²) >= 11 is 0. The summed E-state index contributed by atoms with van der Waals surface area (Å²) in [5.41, 5.74) is -0.615. The molecule has 2 aliphatic rings. The third kappa shape index (κ3) is 3.27. The molecule has 2 rings (SSSR count). The van der Waals surface area contributed by atoms with Gasteiger partial charge in [0.25, 0.3) is 0 Å². The molecule has 2 aliphatic heterocycles. The van der Waals surface area contributed by atoms with Crippen LogP contribution in [0.3, 0.4) is 0 Å². The third-order valence-electron chi connectivity index (χ3n) is 4.43. The molecule has 0 saturated carbocycles. The second-order valence-electron chi connectivity index (χ2n) is 6.27. The number of aliphatic carboxylic acids is 1. The zero-order valence-electron chi connectivity index (χ0n) is 12.2. The van der Waals surface area contributed by atoms with Gasteiger partial charge in [-0.25, -0.2) is 0 Å². The molecule has 0 aromatic heterocycles. The lowest BCUT2D eigenvalue weighted by Gasteiger charge is -2.47. The van der Waals surface area contributed by atoms with Crippen LogP contribution in [0.25, 0.3) is 0 Å². The monoisotopic (exact) mass is 269 g/mol. The molecule has 2 N–H and O–H groups in total. The number of likely N-dealkylation sites (tertiary alicyclic amines) is 1. The van der Waals surface area contributed by atoms with Crippen molar-refractivity contribution < 1.29 is 9.90 Å². The first-order chi connectivity index (χ1) is 9.04. The van der Waals surface area contributed by atoms with E-state index >= 15 is 0 Å². The first kappa shape index (κ1) is 14.8. The molecule has 110 valence electrons. The fraction of sp³-hybridized carbons (Fsp3) is 0.929. The van der Waals surface area contributed by atoms with E-state index in [1.54, 1.807) is 0 Å². The number of nitrogens with zero attached hydrogens (tertiary/aromatic N) is 2. The molecule has 2 heterocycles. The fourth-order valence-electron chi connectivity index (χ4n) is 3.38. The van der Waals surface area contributed by atoms with Crippen LogP contribution in [-0.2, 0) is 4.79 Å². The highest BCUT2D eigenvalue weighted by Gasteiger charge is 2.46. The van der Waals surface area contributed by atoms with E-state index in [1.165, 1.54) is 0 Å². The van der Waals surface area contributed by atoms with E-state index in [2.05, 4.69) is 29.0 Å². The lowest BCUT2D eigenvalue weighted by Crippen LogP contribution is -2.64. The van der Waals surface area contributed by atoms with E-state index in [4.69, 9.17) is 0 Å². The van der Waals surface area contributed by atoms with Crippen LogP contribution < -0.4 is 5.32 Å². The standard InChI is InChI=1S/C14H27N3O2/c1-12(2)11-16-7-3-14(4-8-16,13(18)19)17-9-5-15-6-10-17/h12,15H,3-11H2,1-2H3,(H,18,19). The molecule has 0 atom stereocenters. The second-order valence-corrected chi connectivity index (χ2v) is 6.27. The van der Waals surface area contributed by atoms with Gasteiger partial charge in [0, 0.05) is 45.8 Å². The SMILES string of the molecule is CC(C)CN1CCC(C(=O)O)(N2CCNCC2)CC1. The van der Waals surface area contributed by atoms with Gasteiger partial charge >= 0.3 is 5.97 Å². The normalized spacial score (nSPS) is 25.6. The van der Waals surface area contributed by atoms with Crippen LogP contribution in [0.5, 0.6) is 0 Å². The summed E-state index contributed by atoms with van der Waals surface area (Å²) in [5.74, 6) is 0.0233. The number of nitrogens with one attached hydrogen (secondary N) is 1. The summed E-state index contributed by atoms with van der Waals surface area (Å²) in [6, 6.07) is 0. The first-order valence-corrected chi connectivity index (χ1v) is 7.46. The Balaban J connectivity index is 2.00. The van der Waals surface area contributed by atoms with Gasteiger partial charge in [-0.3, -0.25) is 9.69 Å². The predicted octanol–water partition coefficient (Wildman–Crippen LogP) is 0.467. The number of carbonyl (C=O) groups is 1. The summed E-state index contributed by atoms with van der Waals surface area (Å²) in [7, 11) is 0. The molecule has 2 saturated heterocycles. The molecule has 0 aromatic carbocycles. The van der Waals surface area contributed by atoms with Crippen LogP contribution in [0.4, 0.5) is 0 Å². The Kier molecular flexibility index (Phi) is 4.81. The highest BCUT2D eigenvalue weighted by molar-refractivity contribution is 5.79. The van der Waals surface area contributed by atoms with Crippen molar-refractivity contribution in [2.45, 2.75) is 32.2 Å². The summed E-state index contributed by atoms with van der Waals surface area (Å²) < 4.78 is 0. The maximum absolute atomic E-state index is 11.8. The number of carboxylic acids is 1. The summed E-state index contributed by atoms with van der Waals surface area (Å²) in [6.07, 6.45) is 1.52. The fourth-order valence-corrected chi connectivity index (χ4v) is 3.38. The Morgan fingerprint density at radius 3 is 2.26 bits per heavy atom. The minimum Gasteiger partial charge on any atom is -0.480 e. The van der Waals surface area contributed by atoms with E-state index in [1.807, 2.05) is 0 Å². The van der Waals surface area contributed by atoms with Gasteiger partial charge in [-0.1, -0.05) is 13.8 Å². The third-order valence-corrected chi connectivity index (χ3v) is 4.43. The first-order valence-electron chi connectivity index (χ1n) is 7.46. The molecule has 0 bridgehead atoms. The molecule has 5 heteroatoms. The lowest BCUT2D eigenvalue weighted by molar-refractivity contribution is -0.156. The molecule has 2 fully saturated rings. The van der Waals surface area contributed by atoms with Gasteiger partial charge in [-0.15, -0.1) is 0 Å². The Labute approximate surface area is 115 Å². The number of rotatable bonds is 4. The highest BCUT2D eigenvalue weighted by Crippen LogP contribution is 2.30. The number of hydrogen-bond acceptors (Lipinski definition) is 4. The predicted molar refractivity (Wildman–Crippen MR) is 75.3 cm³/mol. The van der Waals surface area contributed by atoms with Crippen molar-refractivity contribution in [3.63, 3.8) is 0 Å². The smallest absolute Gasteiger partial charge is 0.324 e. The summed E-state index contributed by atoms with van der Waals surface area (Å²) in [4.78, 5) is 16.4. The Hall–Kier alpha value is -0.650. The molecule has 5 nitrogen and oxygen atoms in total. The van der Waals surface area contributed by atoms with Gasteiger partial charge in [0.2, 0.25) is 0 Å².